The van der Waals surface area contributed by atoms with Gasteiger partial charge in [-0.15, -0.1) is 11.8 Å². The molecular weight excluding hydrogens is 623 g/mol. The Labute approximate surface area is 283 Å². The van der Waals surface area contributed by atoms with Crippen LogP contribution < -0.4 is 21.5 Å². The van der Waals surface area contributed by atoms with Crippen molar-refractivity contribution in [1.29, 1.82) is 0 Å². The number of benzene rings is 4. The minimum atomic E-state index is -0.512. The zero-order valence-corrected chi connectivity index (χ0v) is 28.0. The molecule has 0 aliphatic heterocycles. The predicted octanol–water partition coefficient (Wildman–Crippen LogP) is 6.71. The third-order valence-electron chi connectivity index (χ3n) is 7.85. The van der Waals surface area contributed by atoms with E-state index in [1.165, 1.54) is 16.4 Å². The molecule has 0 saturated heterocycles. The molecule has 3 N–H and O–H groups in total. The molecule has 0 spiro atoms. The van der Waals surface area contributed by atoms with E-state index in [0.717, 1.165) is 16.0 Å². The Morgan fingerprint density at radius 3 is 2.19 bits per heavy atom. The van der Waals surface area contributed by atoms with Gasteiger partial charge in [0.1, 0.15) is 11.4 Å². The van der Waals surface area contributed by atoms with E-state index in [4.69, 9.17) is 0 Å². The second kappa shape index (κ2) is 15.3. The van der Waals surface area contributed by atoms with Gasteiger partial charge in [-0.3, -0.25) is 23.9 Å². The zero-order valence-electron chi connectivity index (χ0n) is 27.2. The van der Waals surface area contributed by atoms with Crippen LogP contribution in [0.15, 0.2) is 125 Å². The van der Waals surface area contributed by atoms with Crippen LogP contribution in [-0.2, 0) is 16.6 Å². The van der Waals surface area contributed by atoms with Crippen molar-refractivity contribution < 1.29 is 14.4 Å². The summed E-state index contributed by atoms with van der Waals surface area (Å²) in [6, 6.07) is 32.7. The third kappa shape index (κ3) is 7.84. The van der Waals surface area contributed by atoms with Crippen molar-refractivity contribution in [2.24, 2.45) is 7.05 Å². The lowest BCUT2D eigenvalue weighted by atomic mass is 10.1. The minimum Gasteiger partial charge on any atom is -0.321 e. The Morgan fingerprint density at radius 1 is 0.833 bits per heavy atom. The van der Waals surface area contributed by atoms with Crippen LogP contribution in [0.25, 0.3) is 11.8 Å². The van der Waals surface area contributed by atoms with Crippen molar-refractivity contribution in [1.82, 2.24) is 14.7 Å². The second-order valence-corrected chi connectivity index (χ2v) is 12.4. The molecule has 4 aromatic carbocycles. The SMILES string of the molecule is CCC(Sc1cccc(NC(=O)/C(=C/c2ccccc2C)NC(=O)c2ccccc2)c1)C(=O)Nc1c(C)n(C)n(-c2ccccc2)c1=O. The van der Waals surface area contributed by atoms with Crippen LogP contribution in [0.1, 0.15) is 40.5 Å². The summed E-state index contributed by atoms with van der Waals surface area (Å²) in [5.41, 5.74) is 4.00. The van der Waals surface area contributed by atoms with Gasteiger partial charge in [0, 0.05) is 23.2 Å². The van der Waals surface area contributed by atoms with Crippen LogP contribution in [-0.4, -0.2) is 32.3 Å². The first-order chi connectivity index (χ1) is 23.2. The van der Waals surface area contributed by atoms with Crippen LogP contribution in [0.3, 0.4) is 0 Å². The van der Waals surface area contributed by atoms with Gasteiger partial charge < -0.3 is 16.0 Å². The summed E-state index contributed by atoms with van der Waals surface area (Å²) < 4.78 is 3.24. The van der Waals surface area contributed by atoms with Crippen LogP contribution in [0.5, 0.6) is 0 Å². The van der Waals surface area contributed by atoms with Gasteiger partial charge in [0.25, 0.3) is 17.4 Å². The largest absolute Gasteiger partial charge is 0.321 e. The highest BCUT2D eigenvalue weighted by molar-refractivity contribution is 8.00. The Hall–Kier alpha value is -5.61. The summed E-state index contributed by atoms with van der Waals surface area (Å²) in [4.78, 5) is 54.2. The Kier molecular flexibility index (Phi) is 10.8. The summed E-state index contributed by atoms with van der Waals surface area (Å²) in [7, 11) is 1.78. The molecule has 48 heavy (non-hydrogen) atoms. The van der Waals surface area contributed by atoms with Crippen LogP contribution in [0, 0.1) is 13.8 Å². The highest BCUT2D eigenvalue weighted by atomic mass is 32.2. The number of amides is 3. The van der Waals surface area contributed by atoms with Gasteiger partial charge in [-0.05, 0) is 79.9 Å². The van der Waals surface area contributed by atoms with Crippen LogP contribution in [0.2, 0.25) is 0 Å². The Morgan fingerprint density at radius 2 is 1.50 bits per heavy atom. The minimum absolute atomic E-state index is 0.0846. The Balaban J connectivity index is 1.33. The van der Waals surface area contributed by atoms with E-state index in [1.807, 2.05) is 80.6 Å². The second-order valence-electron chi connectivity index (χ2n) is 11.2. The quantitative estimate of drug-likeness (QED) is 0.108. The summed E-state index contributed by atoms with van der Waals surface area (Å²) >= 11 is 1.33. The number of para-hydroxylation sites is 1. The molecule has 1 atom stereocenters. The fourth-order valence-corrected chi connectivity index (χ4v) is 6.11. The molecule has 0 aliphatic carbocycles. The first kappa shape index (κ1) is 33.7. The topological polar surface area (TPSA) is 114 Å². The number of thioether (sulfide) groups is 1. The van der Waals surface area contributed by atoms with Gasteiger partial charge in [-0.1, -0.05) is 73.7 Å². The van der Waals surface area contributed by atoms with Crippen molar-refractivity contribution in [3.05, 3.63) is 148 Å². The number of rotatable bonds is 11. The van der Waals surface area contributed by atoms with Crippen molar-refractivity contribution in [3.8, 4) is 5.69 Å². The molecule has 5 aromatic rings. The molecule has 3 amide bonds. The van der Waals surface area contributed by atoms with E-state index >= 15 is 0 Å². The highest BCUT2D eigenvalue weighted by Crippen LogP contribution is 2.29. The lowest BCUT2D eigenvalue weighted by Gasteiger charge is -2.16. The first-order valence-electron chi connectivity index (χ1n) is 15.5. The molecule has 5 rings (SSSR count). The van der Waals surface area contributed by atoms with Gasteiger partial charge in [0.15, 0.2) is 0 Å². The van der Waals surface area contributed by atoms with Crippen LogP contribution in [0.4, 0.5) is 11.4 Å². The monoisotopic (exact) mass is 659 g/mol. The first-order valence-corrected chi connectivity index (χ1v) is 16.4. The molecule has 0 saturated carbocycles. The molecule has 0 radical (unpaired) electrons. The normalized spacial score (nSPS) is 11.9. The molecule has 1 heterocycles. The maximum Gasteiger partial charge on any atom is 0.295 e. The fourth-order valence-electron chi connectivity index (χ4n) is 5.09. The summed E-state index contributed by atoms with van der Waals surface area (Å²) in [5, 5.41) is 8.03. The zero-order chi connectivity index (χ0) is 34.2. The average molecular weight is 660 g/mol. The molecule has 9 nitrogen and oxygen atoms in total. The molecule has 0 bridgehead atoms. The Bertz CT molecular complexity index is 2030. The van der Waals surface area contributed by atoms with Gasteiger partial charge in [0.2, 0.25) is 5.91 Å². The van der Waals surface area contributed by atoms with Crippen molar-refractivity contribution in [2.45, 2.75) is 37.3 Å². The number of hydrogen-bond donors (Lipinski definition) is 3. The number of anilines is 2. The number of aromatic nitrogens is 2. The maximum atomic E-state index is 13.6. The van der Waals surface area contributed by atoms with Gasteiger partial charge in [-0.25, -0.2) is 4.68 Å². The molecule has 244 valence electrons. The van der Waals surface area contributed by atoms with E-state index in [1.54, 1.807) is 67.2 Å². The molecule has 10 heteroatoms. The summed E-state index contributed by atoms with van der Waals surface area (Å²) in [6.45, 7) is 5.63. The molecular formula is C38H37N5O4S. The molecule has 1 aromatic heterocycles. The van der Waals surface area contributed by atoms with E-state index in [0.29, 0.717) is 29.1 Å². The van der Waals surface area contributed by atoms with E-state index in [9.17, 15) is 19.2 Å². The summed E-state index contributed by atoms with van der Waals surface area (Å²) in [6.07, 6.45) is 2.15. The molecule has 1 unspecified atom stereocenters. The van der Waals surface area contributed by atoms with Crippen molar-refractivity contribution >= 4 is 46.9 Å². The number of nitrogens with zero attached hydrogens (tertiary/aromatic N) is 2. The standard InChI is InChI=1S/C38H37N5O4S/c1-5-33(37(46)41-34-26(3)42(4)43(38(34)47)30-20-10-7-11-21-30)48-31-22-14-19-29(24-31)39-36(45)32(23-28-18-13-12-15-25(28)2)40-35(44)27-16-8-6-9-17-27/h6-24,33H,5H2,1-4H3,(H,39,45)(H,40,44)(H,41,46)/b32-23-. The van der Waals surface area contributed by atoms with Gasteiger partial charge in [-0.2, -0.15) is 0 Å². The highest BCUT2D eigenvalue weighted by Gasteiger charge is 2.24. The number of nitrogens with one attached hydrogen (secondary N) is 3. The van der Waals surface area contributed by atoms with E-state index < -0.39 is 17.1 Å². The van der Waals surface area contributed by atoms with E-state index in [-0.39, 0.29) is 22.9 Å². The van der Waals surface area contributed by atoms with Gasteiger partial charge in [0.05, 0.1) is 16.6 Å². The third-order valence-corrected chi connectivity index (χ3v) is 9.21. The number of hydrogen-bond acceptors (Lipinski definition) is 5. The number of aryl methyl sites for hydroxylation is 1. The maximum absolute atomic E-state index is 13.6. The predicted molar refractivity (Wildman–Crippen MR) is 192 cm³/mol. The summed E-state index contributed by atoms with van der Waals surface area (Å²) in [5.74, 6) is -1.20. The van der Waals surface area contributed by atoms with E-state index in [2.05, 4.69) is 16.0 Å². The smallest absolute Gasteiger partial charge is 0.295 e. The molecule has 0 fully saturated rings. The number of carbonyl (C=O) groups is 3. The lowest BCUT2D eigenvalue weighted by Crippen LogP contribution is -2.30. The van der Waals surface area contributed by atoms with Gasteiger partial charge >= 0.3 is 0 Å². The molecule has 0 aliphatic rings. The lowest BCUT2D eigenvalue weighted by molar-refractivity contribution is -0.116. The fraction of sp³-hybridized carbons (Fsp3) is 0.158. The van der Waals surface area contributed by atoms with Crippen molar-refractivity contribution in [3.63, 3.8) is 0 Å². The van der Waals surface area contributed by atoms with Crippen molar-refractivity contribution in [2.75, 3.05) is 10.6 Å². The average Bonchev–Trinajstić information content (AvgIpc) is 3.31. The number of carbonyl (C=O) groups excluding carboxylic acids is 3. The van der Waals surface area contributed by atoms with Crippen LogP contribution >= 0.6 is 11.8 Å².